The fourth-order valence-electron chi connectivity index (χ4n) is 7.81. The molecule has 1 aliphatic carbocycles. The lowest BCUT2D eigenvalue weighted by atomic mass is 9.76. The van der Waals surface area contributed by atoms with Gasteiger partial charge in [-0.15, -0.1) is 11.8 Å². The van der Waals surface area contributed by atoms with Crippen molar-refractivity contribution >= 4 is 64.9 Å². The van der Waals surface area contributed by atoms with Crippen LogP contribution in [0.5, 0.6) is 0 Å². The Bertz CT molecular complexity index is 1680. The number of hydrogen-bond acceptors (Lipinski definition) is 14. The van der Waals surface area contributed by atoms with E-state index in [2.05, 4.69) is 49.5 Å². The third-order valence-corrected chi connectivity index (χ3v) is 12.3. The van der Waals surface area contributed by atoms with Gasteiger partial charge in [-0.05, 0) is 70.1 Å². The first-order valence-electron chi connectivity index (χ1n) is 21.0. The highest BCUT2D eigenvalue weighted by Crippen LogP contribution is 2.41. The molecule has 1 saturated carbocycles. The fourth-order valence-corrected chi connectivity index (χ4v) is 8.55. The summed E-state index contributed by atoms with van der Waals surface area (Å²) in [5, 5.41) is 23.2. The maximum absolute atomic E-state index is 13.8. The molecule has 0 spiro atoms. The van der Waals surface area contributed by atoms with Crippen LogP contribution in [0, 0.1) is 11.8 Å². The molecule has 2 aliphatic heterocycles. The number of thioether (sulfide) groups is 1. The minimum absolute atomic E-state index is 0.111. The number of methoxy groups -OCH3 is 1. The van der Waals surface area contributed by atoms with Crippen LogP contribution in [-0.2, 0) is 47.9 Å². The topological polar surface area (TPSA) is 288 Å². The predicted octanol–water partition coefficient (Wildman–Crippen LogP) is -1.61. The second-order valence-corrected chi connectivity index (χ2v) is 16.9. The zero-order valence-electron chi connectivity index (χ0n) is 36.5. The first kappa shape index (κ1) is 50.6. The zero-order valence-corrected chi connectivity index (χ0v) is 37.3. The third-order valence-electron chi connectivity index (χ3n) is 11.5. The molecule has 342 valence electrons. The van der Waals surface area contributed by atoms with Gasteiger partial charge in [-0.25, -0.2) is 0 Å². The van der Waals surface area contributed by atoms with Gasteiger partial charge < -0.3 is 52.6 Å². The molecule has 20 nitrogen and oxygen atoms in total. The normalized spacial score (nSPS) is 22.6. The Hall–Kier alpha value is -4.76. The SMILES string of the molecule is CCC[C@H](NC(=O)[C@@H]1CCCN1C(=O)[C@H](CC(=O)OC)NC(=O)CNC(=O)CNC(=O)[C@@H](NC1(N)CCC2NC(SC)=C(C)C2C1)[C@@H](C)CC)C(=O)NCC(=O)NCC(C)=O. The predicted molar refractivity (Wildman–Crippen MR) is 227 cm³/mol. The van der Waals surface area contributed by atoms with E-state index in [0.29, 0.717) is 38.1 Å². The summed E-state index contributed by atoms with van der Waals surface area (Å²) in [6.45, 7) is 7.59. The number of nitrogens with zero attached hydrogens (tertiary/aromatic N) is 1. The molecule has 0 bridgehead atoms. The van der Waals surface area contributed by atoms with Crippen molar-refractivity contribution in [2.24, 2.45) is 17.6 Å². The Kier molecular flexibility index (Phi) is 19.9. The fraction of sp³-hybridized carbons (Fsp3) is 0.725. The Balaban J connectivity index is 1.57. The van der Waals surface area contributed by atoms with Gasteiger partial charge in [-0.1, -0.05) is 33.6 Å². The minimum Gasteiger partial charge on any atom is -0.469 e. The molecule has 21 heteroatoms. The summed E-state index contributed by atoms with van der Waals surface area (Å²) in [7, 11) is 1.11. The van der Waals surface area contributed by atoms with Gasteiger partial charge in [-0.2, -0.15) is 0 Å². The number of likely N-dealkylation sites (tertiary alicyclic amines) is 1. The molecule has 3 rings (SSSR count). The summed E-state index contributed by atoms with van der Waals surface area (Å²) >= 11 is 1.68. The first-order valence-corrected chi connectivity index (χ1v) is 22.2. The molecule has 0 aromatic heterocycles. The minimum atomic E-state index is -1.46. The molecular weight excluding hydrogens is 813 g/mol. The summed E-state index contributed by atoms with van der Waals surface area (Å²) in [5.41, 5.74) is 7.35. The molecule has 8 atom stereocenters. The van der Waals surface area contributed by atoms with Crippen LogP contribution in [-0.4, -0.2) is 140 Å². The summed E-state index contributed by atoms with van der Waals surface area (Å²) in [6, 6.07) is -3.91. The largest absolute Gasteiger partial charge is 0.469 e. The number of ketones is 1. The smallest absolute Gasteiger partial charge is 0.308 e. The van der Waals surface area contributed by atoms with Crippen LogP contribution < -0.4 is 48.3 Å². The third kappa shape index (κ3) is 15.0. The Morgan fingerprint density at radius 1 is 0.902 bits per heavy atom. The van der Waals surface area contributed by atoms with E-state index in [1.54, 1.807) is 18.7 Å². The Morgan fingerprint density at radius 2 is 1.54 bits per heavy atom. The second-order valence-electron chi connectivity index (χ2n) is 16.1. The van der Waals surface area contributed by atoms with Gasteiger partial charge in [0.2, 0.25) is 41.4 Å². The van der Waals surface area contributed by atoms with Gasteiger partial charge in [0.15, 0.2) is 0 Å². The van der Waals surface area contributed by atoms with Gasteiger partial charge in [0.1, 0.15) is 23.9 Å². The van der Waals surface area contributed by atoms with E-state index in [-0.39, 0.29) is 43.6 Å². The number of nitrogens with one attached hydrogen (secondary N) is 8. The number of ether oxygens (including phenoxy) is 1. The zero-order chi connectivity index (χ0) is 45.4. The van der Waals surface area contributed by atoms with Crippen LogP contribution >= 0.6 is 11.8 Å². The molecule has 61 heavy (non-hydrogen) atoms. The summed E-state index contributed by atoms with van der Waals surface area (Å²) < 4.78 is 4.75. The molecule has 3 unspecified atom stereocenters. The van der Waals surface area contributed by atoms with Crippen LogP contribution in [0.15, 0.2) is 10.6 Å². The van der Waals surface area contributed by atoms with Crippen LogP contribution in [0.25, 0.3) is 0 Å². The maximum atomic E-state index is 13.8. The van der Waals surface area contributed by atoms with E-state index in [1.165, 1.54) is 17.4 Å². The summed E-state index contributed by atoms with van der Waals surface area (Å²) in [5.74, 6) is -5.45. The molecule has 0 aromatic rings. The van der Waals surface area contributed by atoms with Gasteiger partial charge >= 0.3 is 5.97 Å². The van der Waals surface area contributed by atoms with Crippen LogP contribution in [0.1, 0.15) is 92.4 Å². The number of carbonyl (C=O) groups excluding carboxylic acids is 9. The lowest BCUT2D eigenvalue weighted by Crippen LogP contribution is -2.65. The second kappa shape index (κ2) is 24.0. The highest BCUT2D eigenvalue weighted by Gasteiger charge is 2.45. The molecule has 0 aromatic carbocycles. The number of fused-ring (bicyclic) bond motifs is 1. The van der Waals surface area contributed by atoms with Crippen molar-refractivity contribution in [1.82, 2.24) is 47.4 Å². The van der Waals surface area contributed by atoms with Crippen molar-refractivity contribution in [3.63, 3.8) is 0 Å². The highest BCUT2D eigenvalue weighted by atomic mass is 32.2. The molecule has 10 N–H and O–H groups in total. The van der Waals surface area contributed by atoms with Crippen molar-refractivity contribution in [1.29, 1.82) is 0 Å². The van der Waals surface area contributed by atoms with Crippen molar-refractivity contribution in [2.45, 2.75) is 128 Å². The molecule has 7 amide bonds. The molecule has 2 fully saturated rings. The standard InChI is InChI=1S/C40H66N10O10S/c1-8-11-27(35(56)44-19-30(52)42-18-23(4)51)47-36(57)29-12-10-15-50(29)39(59)28(16-33(55)60-6)46-32(54)21-43-31(53)20-45-37(58)34(22(3)9-2)49-40(41)14-13-26-25(17-40)24(5)38(48-26)61-7/h22,25-29,34,48-49H,8-21,41H2,1-7H3,(H,42,52)(H,43,53)(H,44,56)(H,45,58)(H,46,54)(H,47,57)/t22-,25?,26?,27-,28-,29-,34-,40?/m0/s1. The highest BCUT2D eigenvalue weighted by molar-refractivity contribution is 8.02. The average molecular weight is 879 g/mol. The van der Waals surface area contributed by atoms with Crippen molar-refractivity contribution in [3.8, 4) is 0 Å². The van der Waals surface area contributed by atoms with Gasteiger partial charge in [0, 0.05) is 18.5 Å². The summed E-state index contributed by atoms with van der Waals surface area (Å²) in [6.07, 6.45) is 5.66. The number of nitrogens with two attached hydrogens (primary N) is 1. The number of hydrogen-bond donors (Lipinski definition) is 9. The van der Waals surface area contributed by atoms with E-state index in [4.69, 9.17) is 10.5 Å². The van der Waals surface area contributed by atoms with Crippen LogP contribution in [0.2, 0.25) is 0 Å². The number of rotatable bonds is 23. The average Bonchev–Trinajstić information content (AvgIpc) is 3.85. The van der Waals surface area contributed by atoms with E-state index >= 15 is 0 Å². The summed E-state index contributed by atoms with van der Waals surface area (Å²) in [4.78, 5) is 116. The van der Waals surface area contributed by atoms with Crippen molar-refractivity contribution < 1.29 is 47.9 Å². The number of amides is 7. The molecule has 3 aliphatic rings. The number of carbonyl (C=O) groups is 9. The van der Waals surface area contributed by atoms with E-state index in [1.807, 2.05) is 20.1 Å². The van der Waals surface area contributed by atoms with Gasteiger partial charge in [0.25, 0.3) is 0 Å². The quantitative estimate of drug-likeness (QED) is 0.0413. The van der Waals surface area contributed by atoms with E-state index in [0.717, 1.165) is 18.6 Å². The lowest BCUT2D eigenvalue weighted by Gasteiger charge is -2.43. The monoisotopic (exact) mass is 878 g/mol. The molecular formula is C40H66N10O10S. The molecule has 1 saturated heterocycles. The Labute approximate surface area is 361 Å². The molecule has 0 radical (unpaired) electrons. The maximum Gasteiger partial charge on any atom is 0.308 e. The van der Waals surface area contributed by atoms with Gasteiger partial charge in [-0.3, -0.25) is 48.5 Å². The van der Waals surface area contributed by atoms with Crippen LogP contribution in [0.4, 0.5) is 0 Å². The Morgan fingerprint density at radius 3 is 2.15 bits per heavy atom. The lowest BCUT2D eigenvalue weighted by molar-refractivity contribution is -0.147. The number of Topliss-reactive ketones (excluding diaryl/α,β-unsaturated/α-hetero) is 1. The first-order chi connectivity index (χ1) is 28.9. The van der Waals surface area contributed by atoms with E-state index < -0.39 is 103 Å². The van der Waals surface area contributed by atoms with E-state index in [9.17, 15) is 43.2 Å². The van der Waals surface area contributed by atoms with Gasteiger partial charge in [0.05, 0.1) is 56.4 Å². The van der Waals surface area contributed by atoms with Crippen LogP contribution in [0.3, 0.4) is 0 Å². The number of esters is 1. The van der Waals surface area contributed by atoms with Crippen molar-refractivity contribution in [3.05, 3.63) is 10.6 Å². The molecule has 2 heterocycles. The van der Waals surface area contributed by atoms with Crippen molar-refractivity contribution in [2.75, 3.05) is 46.1 Å².